The number of carbonyl (C=O) groups excluding carboxylic acids is 1. The maximum atomic E-state index is 14.0. The molecule has 228 valence electrons. The van der Waals surface area contributed by atoms with Gasteiger partial charge < -0.3 is 15.0 Å². The maximum Gasteiger partial charge on any atom is 0.416 e. The van der Waals surface area contributed by atoms with Crippen molar-refractivity contribution in [1.82, 2.24) is 24.8 Å². The number of hydrogen-bond acceptors (Lipinski definition) is 8. The zero-order valence-electron chi connectivity index (χ0n) is 24.6. The third-order valence-electron chi connectivity index (χ3n) is 7.20. The molecule has 1 aliphatic rings. The lowest BCUT2D eigenvalue weighted by Crippen LogP contribution is -2.44. The highest BCUT2D eigenvalue weighted by molar-refractivity contribution is 6.04. The van der Waals surface area contributed by atoms with E-state index < -0.39 is 17.6 Å². The van der Waals surface area contributed by atoms with Gasteiger partial charge in [-0.2, -0.15) is 18.2 Å². The predicted octanol–water partition coefficient (Wildman–Crippen LogP) is 6.38. The molecule has 0 spiro atoms. The van der Waals surface area contributed by atoms with E-state index in [-0.39, 0.29) is 23.6 Å². The summed E-state index contributed by atoms with van der Waals surface area (Å²) in [6, 6.07) is 13.8. The number of carbonyl (C=O) groups is 1. The van der Waals surface area contributed by atoms with Gasteiger partial charge >= 0.3 is 6.18 Å². The third-order valence-corrected chi connectivity index (χ3v) is 7.20. The highest BCUT2D eigenvalue weighted by Crippen LogP contribution is 2.36. The monoisotopic (exact) mass is 603 g/mol. The number of alkyl halides is 3. The standard InChI is InChI=1S/C32H32F3N7O2/c1-4-37-28-21(2)38-29(22-10-12-36-13-11-22)40-31(28)44-26-7-5-6-25(19-26)39-30(43)23-8-9-24(27(18-23)32(33,34)35)20-42-16-14-41(3)15-17-42/h4-13,18-19H,14-17,20H2,1-3H3,(H,39,43). The summed E-state index contributed by atoms with van der Waals surface area (Å²) in [6.07, 6.45) is 0.275. The molecule has 5 rings (SSSR count). The van der Waals surface area contributed by atoms with Crippen LogP contribution < -0.4 is 10.1 Å². The molecule has 1 amide bonds. The Morgan fingerprint density at radius 3 is 2.50 bits per heavy atom. The summed E-state index contributed by atoms with van der Waals surface area (Å²) in [6.45, 7) is 6.67. The van der Waals surface area contributed by atoms with Crippen molar-refractivity contribution >= 4 is 23.5 Å². The SMILES string of the molecule is CC=Nc1c(C)nc(-c2ccncc2)nc1Oc1cccc(NC(=O)c2ccc(CN3CCN(C)CC3)c(C(F)(F)F)c2)c1. The Morgan fingerprint density at radius 1 is 1.05 bits per heavy atom. The van der Waals surface area contributed by atoms with Crippen LogP contribution in [0.4, 0.5) is 24.5 Å². The number of pyridine rings is 1. The Balaban J connectivity index is 1.36. The van der Waals surface area contributed by atoms with Gasteiger partial charge in [-0.15, -0.1) is 0 Å². The first-order valence-corrected chi connectivity index (χ1v) is 14.1. The second kappa shape index (κ2) is 13.3. The summed E-state index contributed by atoms with van der Waals surface area (Å²) in [4.78, 5) is 34.7. The van der Waals surface area contributed by atoms with Gasteiger partial charge in [0.25, 0.3) is 5.91 Å². The first-order chi connectivity index (χ1) is 21.1. The minimum atomic E-state index is -4.60. The molecule has 0 aliphatic carbocycles. The molecule has 3 heterocycles. The minimum absolute atomic E-state index is 0.0984. The fourth-order valence-electron chi connectivity index (χ4n) is 4.84. The van der Waals surface area contributed by atoms with E-state index in [2.05, 4.69) is 30.2 Å². The lowest BCUT2D eigenvalue weighted by Gasteiger charge is -2.33. The van der Waals surface area contributed by atoms with E-state index in [4.69, 9.17) is 4.74 Å². The van der Waals surface area contributed by atoms with Crippen LogP contribution >= 0.6 is 0 Å². The van der Waals surface area contributed by atoms with E-state index in [0.717, 1.165) is 24.7 Å². The van der Waals surface area contributed by atoms with Crippen LogP contribution in [0.3, 0.4) is 0 Å². The fraction of sp³-hybridized carbons (Fsp3) is 0.281. The molecule has 0 unspecified atom stereocenters. The number of likely N-dealkylation sites (N-methyl/N-ethyl adjacent to an activating group) is 1. The predicted molar refractivity (Wildman–Crippen MR) is 163 cm³/mol. The highest BCUT2D eigenvalue weighted by Gasteiger charge is 2.34. The van der Waals surface area contributed by atoms with Crippen molar-refractivity contribution in [2.75, 3.05) is 38.5 Å². The molecule has 1 N–H and O–H groups in total. The van der Waals surface area contributed by atoms with Gasteiger partial charge in [-0.1, -0.05) is 12.1 Å². The fourth-order valence-corrected chi connectivity index (χ4v) is 4.84. The third kappa shape index (κ3) is 7.44. The van der Waals surface area contributed by atoms with Gasteiger partial charge in [-0.25, -0.2) is 4.98 Å². The molecule has 12 heteroatoms. The van der Waals surface area contributed by atoms with Gasteiger partial charge in [0, 0.05) is 74.2 Å². The molecule has 1 saturated heterocycles. The number of aryl methyl sites for hydroxylation is 1. The molecule has 44 heavy (non-hydrogen) atoms. The van der Waals surface area contributed by atoms with Crippen LogP contribution in [0.5, 0.6) is 11.6 Å². The van der Waals surface area contributed by atoms with Gasteiger partial charge in [0.15, 0.2) is 5.82 Å². The van der Waals surface area contributed by atoms with Crippen LogP contribution in [0.25, 0.3) is 11.4 Å². The summed E-state index contributed by atoms with van der Waals surface area (Å²) in [5.41, 5.74) is 1.35. The van der Waals surface area contributed by atoms with E-state index in [9.17, 15) is 18.0 Å². The quantitative estimate of drug-likeness (QED) is 0.234. The van der Waals surface area contributed by atoms with Crippen LogP contribution in [0.2, 0.25) is 0 Å². The molecule has 2 aromatic carbocycles. The smallest absolute Gasteiger partial charge is 0.416 e. The largest absolute Gasteiger partial charge is 0.437 e. The number of anilines is 1. The molecule has 1 fully saturated rings. The summed E-state index contributed by atoms with van der Waals surface area (Å²) >= 11 is 0. The van der Waals surface area contributed by atoms with Crippen molar-refractivity contribution in [3.63, 3.8) is 0 Å². The maximum absolute atomic E-state index is 14.0. The first kappa shape index (κ1) is 30.8. The molecular weight excluding hydrogens is 571 g/mol. The molecule has 4 aromatic rings. The number of hydrogen-bond donors (Lipinski definition) is 1. The van der Waals surface area contributed by atoms with E-state index in [1.807, 2.05) is 11.9 Å². The Hall–Kier alpha value is -4.68. The summed E-state index contributed by atoms with van der Waals surface area (Å²) in [5.74, 6) is 0.299. The summed E-state index contributed by atoms with van der Waals surface area (Å²) in [7, 11) is 1.99. The van der Waals surface area contributed by atoms with Crippen molar-refractivity contribution in [2.24, 2.45) is 4.99 Å². The number of piperazine rings is 1. The number of benzene rings is 2. The average Bonchev–Trinajstić information content (AvgIpc) is 3.00. The van der Waals surface area contributed by atoms with Crippen molar-refractivity contribution < 1.29 is 22.7 Å². The molecule has 2 aromatic heterocycles. The van der Waals surface area contributed by atoms with Gasteiger partial charge in [0.2, 0.25) is 5.88 Å². The number of nitrogens with zero attached hydrogens (tertiary/aromatic N) is 6. The number of ether oxygens (including phenoxy) is 1. The van der Waals surface area contributed by atoms with Crippen molar-refractivity contribution in [1.29, 1.82) is 0 Å². The van der Waals surface area contributed by atoms with Crippen LogP contribution in [-0.2, 0) is 12.7 Å². The Bertz CT molecular complexity index is 1650. The van der Waals surface area contributed by atoms with Gasteiger partial charge in [0.05, 0.1) is 11.3 Å². The van der Waals surface area contributed by atoms with Gasteiger partial charge in [0.1, 0.15) is 11.4 Å². The number of nitrogens with one attached hydrogen (secondary N) is 1. The number of rotatable bonds is 8. The number of amides is 1. The van der Waals surface area contributed by atoms with Crippen molar-refractivity contribution in [2.45, 2.75) is 26.6 Å². The van der Waals surface area contributed by atoms with Crippen LogP contribution in [-0.4, -0.2) is 70.1 Å². The van der Waals surface area contributed by atoms with Gasteiger partial charge in [-0.3, -0.25) is 19.7 Å². The Morgan fingerprint density at radius 2 is 1.80 bits per heavy atom. The number of aromatic nitrogens is 3. The summed E-state index contributed by atoms with van der Waals surface area (Å²) in [5, 5.41) is 2.69. The first-order valence-electron chi connectivity index (χ1n) is 14.1. The second-order valence-electron chi connectivity index (χ2n) is 10.4. The van der Waals surface area contributed by atoms with E-state index >= 15 is 0 Å². The van der Waals surface area contributed by atoms with Crippen LogP contribution in [0.1, 0.15) is 34.1 Å². The van der Waals surface area contributed by atoms with Gasteiger partial charge in [-0.05, 0) is 62.9 Å². The van der Waals surface area contributed by atoms with Crippen molar-refractivity contribution in [3.05, 3.63) is 89.4 Å². The van der Waals surface area contributed by atoms with E-state index in [1.165, 1.54) is 12.1 Å². The topological polar surface area (TPSA) is 95.8 Å². The second-order valence-corrected chi connectivity index (χ2v) is 10.4. The molecule has 0 atom stereocenters. The normalized spacial score (nSPS) is 14.6. The molecule has 0 bridgehead atoms. The Labute approximate surface area is 253 Å². The zero-order chi connectivity index (χ0) is 31.3. The molecular formula is C32H32F3N7O2. The zero-order valence-corrected chi connectivity index (χ0v) is 24.6. The lowest BCUT2D eigenvalue weighted by molar-refractivity contribution is -0.138. The van der Waals surface area contributed by atoms with E-state index in [0.29, 0.717) is 41.7 Å². The molecule has 1 aliphatic heterocycles. The average molecular weight is 604 g/mol. The summed E-state index contributed by atoms with van der Waals surface area (Å²) < 4.78 is 48.3. The van der Waals surface area contributed by atoms with Crippen LogP contribution in [0, 0.1) is 6.92 Å². The minimum Gasteiger partial charge on any atom is -0.437 e. The van der Waals surface area contributed by atoms with E-state index in [1.54, 1.807) is 68.9 Å². The van der Waals surface area contributed by atoms with Crippen molar-refractivity contribution in [3.8, 4) is 23.0 Å². The molecule has 0 radical (unpaired) electrons. The molecule has 0 saturated carbocycles. The lowest BCUT2D eigenvalue weighted by atomic mass is 10.0. The molecule has 9 nitrogen and oxygen atoms in total. The highest BCUT2D eigenvalue weighted by atomic mass is 19.4. The Kier molecular flexibility index (Phi) is 9.31. The van der Waals surface area contributed by atoms with Crippen LogP contribution in [0.15, 0.2) is 72.0 Å². The number of halogens is 3. The number of aliphatic imine (C=N–C) groups is 1.